The first-order valence-electron chi connectivity index (χ1n) is 26.7. The second-order valence-electron chi connectivity index (χ2n) is 17.0. The van der Waals surface area contributed by atoms with E-state index in [2.05, 4.69) is 154 Å². The predicted octanol–water partition coefficient (Wildman–Crippen LogP) is 17.9. The number of unbranched alkanes of at least 4 members (excludes halogenated alkanes) is 13. The Labute approximate surface area is 411 Å². The second kappa shape index (κ2) is 54.2. The summed E-state index contributed by atoms with van der Waals surface area (Å²) in [5.74, 6) is -0.996. The molecule has 1 unspecified atom stereocenters. The number of hydrogen-bond donors (Lipinski definition) is 0. The summed E-state index contributed by atoms with van der Waals surface area (Å²) in [6.07, 6.45) is 75.8. The van der Waals surface area contributed by atoms with Crippen LogP contribution in [-0.4, -0.2) is 37.2 Å². The minimum absolute atomic E-state index is 0.112. The normalized spacial score (nSPS) is 13.2. The maximum absolute atomic E-state index is 12.8. The summed E-state index contributed by atoms with van der Waals surface area (Å²) in [4.78, 5) is 38.0. The molecule has 0 rings (SSSR count). The summed E-state index contributed by atoms with van der Waals surface area (Å²) < 4.78 is 16.7. The van der Waals surface area contributed by atoms with Gasteiger partial charge in [0.25, 0.3) is 0 Å². The highest BCUT2D eigenvalue weighted by molar-refractivity contribution is 5.71. The Hall–Kier alpha value is -4.45. The fraction of sp³-hybridized carbons (Fsp3) is 0.590. The molecule has 0 aromatic carbocycles. The first-order chi connectivity index (χ1) is 33.0. The van der Waals surface area contributed by atoms with Crippen LogP contribution in [0.2, 0.25) is 0 Å². The van der Waals surface area contributed by atoms with Crippen LogP contribution in [0.4, 0.5) is 0 Å². The van der Waals surface area contributed by atoms with Crippen LogP contribution in [0.3, 0.4) is 0 Å². The molecule has 0 aromatic rings. The van der Waals surface area contributed by atoms with Gasteiger partial charge >= 0.3 is 17.9 Å². The predicted molar refractivity (Wildman–Crippen MR) is 288 cm³/mol. The Morgan fingerprint density at radius 1 is 0.313 bits per heavy atom. The molecular formula is C61H96O6. The van der Waals surface area contributed by atoms with Crippen molar-refractivity contribution in [2.45, 2.75) is 219 Å². The van der Waals surface area contributed by atoms with Gasteiger partial charge in [-0.15, -0.1) is 0 Å². The number of allylic oxidation sites excluding steroid dienone is 22. The molecule has 0 aliphatic carbocycles. The molecule has 6 heteroatoms. The highest BCUT2D eigenvalue weighted by Crippen LogP contribution is 2.12. The molecule has 0 heterocycles. The summed E-state index contributed by atoms with van der Waals surface area (Å²) >= 11 is 0. The van der Waals surface area contributed by atoms with Crippen molar-refractivity contribution in [3.63, 3.8) is 0 Å². The average molecular weight is 925 g/mol. The van der Waals surface area contributed by atoms with Crippen LogP contribution in [0.15, 0.2) is 134 Å². The molecule has 0 saturated heterocycles. The lowest BCUT2D eigenvalue weighted by Crippen LogP contribution is -2.30. The van der Waals surface area contributed by atoms with Gasteiger partial charge in [0, 0.05) is 19.3 Å². The van der Waals surface area contributed by atoms with Gasteiger partial charge in [-0.3, -0.25) is 14.4 Å². The number of ether oxygens (including phenoxy) is 3. The molecule has 0 aromatic heterocycles. The topological polar surface area (TPSA) is 78.9 Å². The van der Waals surface area contributed by atoms with E-state index in [0.29, 0.717) is 19.3 Å². The molecule has 0 radical (unpaired) electrons. The third-order valence-corrected chi connectivity index (χ3v) is 10.6. The Balaban J connectivity index is 4.52. The third kappa shape index (κ3) is 52.4. The molecule has 0 bridgehead atoms. The molecule has 0 aliphatic heterocycles. The molecule has 0 spiro atoms. The maximum Gasteiger partial charge on any atom is 0.306 e. The van der Waals surface area contributed by atoms with Crippen LogP contribution in [0, 0.1) is 0 Å². The molecule has 1 atom stereocenters. The smallest absolute Gasteiger partial charge is 0.306 e. The van der Waals surface area contributed by atoms with Gasteiger partial charge in [-0.25, -0.2) is 0 Å². The standard InChI is InChI=1S/C61H96O6/c1-4-7-10-13-16-19-22-24-26-28-30-32-34-36-39-42-45-48-51-54-60(63)66-57-58(56-65-59(62)53-50-47-44-41-38-21-18-15-12-9-6-3)67-61(64)55-52-49-46-43-40-37-35-33-31-29-27-25-23-20-17-14-11-8-5-2/h7-8,10-11,15-20,24-27,30-33,36-37,39-40,58H,4-6,9,12-14,21-23,28-29,34-35,38,41-57H2,1-3H3/b10-7-,11-8-,18-15-,19-16-,20-17-,26-24-,27-25-,32-30-,33-31-,39-36-,40-37-. The van der Waals surface area contributed by atoms with Crippen LogP contribution in [0.1, 0.15) is 213 Å². The Morgan fingerprint density at radius 2 is 0.582 bits per heavy atom. The van der Waals surface area contributed by atoms with E-state index in [1.165, 1.54) is 25.7 Å². The van der Waals surface area contributed by atoms with Crippen LogP contribution in [-0.2, 0) is 28.6 Å². The van der Waals surface area contributed by atoms with Gasteiger partial charge in [0.2, 0.25) is 0 Å². The second-order valence-corrected chi connectivity index (χ2v) is 17.0. The zero-order valence-electron chi connectivity index (χ0n) is 42.9. The van der Waals surface area contributed by atoms with Gasteiger partial charge in [-0.1, -0.05) is 199 Å². The molecule has 6 nitrogen and oxygen atoms in total. The minimum atomic E-state index is -0.817. The average Bonchev–Trinajstić information content (AvgIpc) is 3.33. The van der Waals surface area contributed by atoms with E-state index >= 15 is 0 Å². The fourth-order valence-corrected chi connectivity index (χ4v) is 6.65. The van der Waals surface area contributed by atoms with E-state index in [1.807, 2.05) is 0 Å². The van der Waals surface area contributed by atoms with E-state index in [0.717, 1.165) is 141 Å². The summed E-state index contributed by atoms with van der Waals surface area (Å²) in [5.41, 5.74) is 0. The highest BCUT2D eigenvalue weighted by atomic mass is 16.6. The fourth-order valence-electron chi connectivity index (χ4n) is 6.65. The first kappa shape index (κ1) is 62.5. The van der Waals surface area contributed by atoms with E-state index in [9.17, 15) is 14.4 Å². The van der Waals surface area contributed by atoms with Crippen molar-refractivity contribution >= 4 is 17.9 Å². The lowest BCUT2D eigenvalue weighted by molar-refractivity contribution is -0.167. The van der Waals surface area contributed by atoms with Gasteiger partial charge in [-0.05, 0) is 128 Å². The van der Waals surface area contributed by atoms with Crippen molar-refractivity contribution in [1.82, 2.24) is 0 Å². The van der Waals surface area contributed by atoms with E-state index < -0.39 is 6.10 Å². The summed E-state index contributed by atoms with van der Waals surface area (Å²) in [7, 11) is 0. The lowest BCUT2D eigenvalue weighted by atomic mass is 10.1. The number of rotatable bonds is 46. The zero-order chi connectivity index (χ0) is 48.6. The monoisotopic (exact) mass is 925 g/mol. The molecule has 376 valence electrons. The van der Waals surface area contributed by atoms with E-state index in [4.69, 9.17) is 14.2 Å². The number of carbonyl (C=O) groups excluding carboxylic acids is 3. The van der Waals surface area contributed by atoms with Gasteiger partial charge in [-0.2, -0.15) is 0 Å². The third-order valence-electron chi connectivity index (χ3n) is 10.6. The molecule has 67 heavy (non-hydrogen) atoms. The molecule has 0 aliphatic rings. The van der Waals surface area contributed by atoms with Crippen LogP contribution in [0.25, 0.3) is 0 Å². The Morgan fingerprint density at radius 3 is 0.940 bits per heavy atom. The van der Waals surface area contributed by atoms with Crippen LogP contribution < -0.4 is 0 Å². The Kier molecular flexibility index (Phi) is 50.6. The maximum atomic E-state index is 12.8. The van der Waals surface area contributed by atoms with Crippen LogP contribution in [0.5, 0.6) is 0 Å². The van der Waals surface area contributed by atoms with E-state index in [1.54, 1.807) is 0 Å². The first-order valence-corrected chi connectivity index (χ1v) is 26.7. The highest BCUT2D eigenvalue weighted by Gasteiger charge is 2.19. The van der Waals surface area contributed by atoms with Gasteiger partial charge in [0.05, 0.1) is 0 Å². The summed E-state index contributed by atoms with van der Waals surface area (Å²) in [6.45, 7) is 6.29. The van der Waals surface area contributed by atoms with Crippen molar-refractivity contribution in [2.24, 2.45) is 0 Å². The largest absolute Gasteiger partial charge is 0.462 e. The van der Waals surface area contributed by atoms with E-state index in [-0.39, 0.29) is 37.5 Å². The lowest BCUT2D eigenvalue weighted by Gasteiger charge is -2.18. The van der Waals surface area contributed by atoms with Crippen molar-refractivity contribution in [3.8, 4) is 0 Å². The molecular weight excluding hydrogens is 829 g/mol. The molecule has 0 saturated carbocycles. The van der Waals surface area contributed by atoms with Gasteiger partial charge in [0.1, 0.15) is 13.2 Å². The van der Waals surface area contributed by atoms with Gasteiger partial charge in [0.15, 0.2) is 6.10 Å². The van der Waals surface area contributed by atoms with Crippen molar-refractivity contribution < 1.29 is 28.6 Å². The summed E-state index contributed by atoms with van der Waals surface area (Å²) in [5, 5.41) is 0. The number of hydrogen-bond acceptors (Lipinski definition) is 6. The number of esters is 3. The quantitative estimate of drug-likeness (QED) is 0.0262. The molecule has 0 amide bonds. The minimum Gasteiger partial charge on any atom is -0.462 e. The van der Waals surface area contributed by atoms with Crippen molar-refractivity contribution in [1.29, 1.82) is 0 Å². The SMILES string of the molecule is CC/C=C\C/C=C\C/C=C\C/C=C\C/C=C\CCCCCC(=O)OCC(COC(=O)CCCCCCC/C=C\CCCC)OC(=O)CCCCC/C=C\C/C=C\C/C=C\C/C=C\C/C=C\CC. The van der Waals surface area contributed by atoms with Crippen molar-refractivity contribution in [2.75, 3.05) is 13.2 Å². The van der Waals surface area contributed by atoms with Crippen molar-refractivity contribution in [3.05, 3.63) is 134 Å². The van der Waals surface area contributed by atoms with Crippen LogP contribution >= 0.6 is 0 Å². The Bertz CT molecular complexity index is 1480. The molecule has 0 fully saturated rings. The summed E-state index contributed by atoms with van der Waals surface area (Å²) in [6, 6.07) is 0. The zero-order valence-corrected chi connectivity index (χ0v) is 42.9. The number of carbonyl (C=O) groups is 3. The van der Waals surface area contributed by atoms with Gasteiger partial charge < -0.3 is 14.2 Å². The molecule has 0 N–H and O–H groups in total.